The number of nitrogens with zero attached hydrogens (tertiary/aromatic N) is 1. The second kappa shape index (κ2) is 30.7. The minimum atomic E-state index is -0.327. The van der Waals surface area contributed by atoms with Crippen LogP contribution in [-0.4, -0.2) is 68.0 Å². The van der Waals surface area contributed by atoms with Gasteiger partial charge in [-0.05, 0) is 74.6 Å². The monoisotopic (exact) mass is 934 g/mol. The minimum absolute atomic E-state index is 0.124. The SMILES string of the molecule is CCCCCCCCOc1cc(C(=O)NCCNC(=O)CCCCCN2C(=O)c3cccc4c(Oc5ccccc5)ccc(c34)C2=O)cc(OCCCCCCCC)c1OCCCCCCCC. The van der Waals surface area contributed by atoms with Crippen molar-refractivity contribution in [2.24, 2.45) is 0 Å². The summed E-state index contributed by atoms with van der Waals surface area (Å²) in [5.41, 5.74) is 1.37. The van der Waals surface area contributed by atoms with Crippen molar-refractivity contribution in [2.75, 3.05) is 39.5 Å². The lowest BCUT2D eigenvalue weighted by atomic mass is 9.93. The van der Waals surface area contributed by atoms with Gasteiger partial charge in [-0.1, -0.05) is 154 Å². The molecular formula is C57H79N3O8. The number of rotatable bonds is 36. The number of hydrogen-bond acceptors (Lipinski definition) is 8. The third kappa shape index (κ3) is 17.2. The smallest absolute Gasteiger partial charge is 0.261 e. The fourth-order valence-electron chi connectivity index (χ4n) is 8.58. The van der Waals surface area contributed by atoms with Crippen LogP contribution >= 0.6 is 0 Å². The molecule has 4 amide bonds. The summed E-state index contributed by atoms with van der Waals surface area (Å²) >= 11 is 0. The average molecular weight is 934 g/mol. The number of para-hydroxylation sites is 1. The molecule has 1 heterocycles. The topological polar surface area (TPSA) is 133 Å². The van der Waals surface area contributed by atoms with Crippen LogP contribution in [0.25, 0.3) is 10.8 Å². The van der Waals surface area contributed by atoms with Crippen LogP contribution in [0.4, 0.5) is 0 Å². The van der Waals surface area contributed by atoms with Gasteiger partial charge in [-0.2, -0.15) is 0 Å². The van der Waals surface area contributed by atoms with Gasteiger partial charge in [-0.3, -0.25) is 24.1 Å². The Labute approximate surface area is 406 Å². The molecule has 11 heteroatoms. The van der Waals surface area contributed by atoms with Crippen molar-refractivity contribution in [3.63, 3.8) is 0 Å². The van der Waals surface area contributed by atoms with E-state index in [1.807, 2.05) is 42.5 Å². The first-order chi connectivity index (χ1) is 33.4. The normalized spacial score (nSPS) is 12.1. The van der Waals surface area contributed by atoms with Gasteiger partial charge < -0.3 is 29.6 Å². The van der Waals surface area contributed by atoms with Gasteiger partial charge in [0.1, 0.15) is 11.5 Å². The van der Waals surface area contributed by atoms with E-state index in [0.29, 0.717) is 102 Å². The number of unbranched alkanes of at least 4 members (excludes halogenated alkanes) is 17. The molecule has 2 N–H and O–H groups in total. The number of benzene rings is 4. The van der Waals surface area contributed by atoms with Crippen LogP contribution < -0.4 is 29.6 Å². The van der Waals surface area contributed by atoms with E-state index in [-0.39, 0.29) is 43.3 Å². The van der Waals surface area contributed by atoms with E-state index in [9.17, 15) is 19.2 Å². The maximum absolute atomic E-state index is 13.6. The molecule has 0 aliphatic carbocycles. The first-order valence-electron chi connectivity index (χ1n) is 26.1. The average Bonchev–Trinajstić information content (AvgIpc) is 3.35. The predicted molar refractivity (Wildman–Crippen MR) is 273 cm³/mol. The Bertz CT molecular complexity index is 2100. The van der Waals surface area contributed by atoms with Crippen molar-refractivity contribution in [1.29, 1.82) is 0 Å². The van der Waals surface area contributed by atoms with E-state index >= 15 is 0 Å². The van der Waals surface area contributed by atoms with Gasteiger partial charge in [0.05, 0.1) is 19.8 Å². The second-order valence-electron chi connectivity index (χ2n) is 18.1. The number of carbonyl (C=O) groups excluding carboxylic acids is 4. The van der Waals surface area contributed by atoms with E-state index < -0.39 is 0 Å². The standard InChI is InChI=1S/C57H79N3O8/c1-4-7-10-13-16-25-39-65-50-42-44(43-51(66-40-26-17-14-11-8-5-2)54(50)67-41-27-18-15-12-9-6-3)55(62)59-37-36-58-52(61)33-23-20-24-38-60-56(63)47-32-28-31-46-49(68-45-29-21-19-22-30-45)35-34-48(53(46)47)57(60)64/h19,21-22,28-32,34-35,42-43H,4-18,20,23-27,33,36-41H2,1-3H3,(H,58,61)(H,59,62). The zero-order valence-electron chi connectivity index (χ0n) is 41.4. The van der Waals surface area contributed by atoms with E-state index in [0.717, 1.165) is 38.5 Å². The number of amides is 4. The molecule has 0 bridgehead atoms. The van der Waals surface area contributed by atoms with Crippen LogP contribution in [0.5, 0.6) is 28.7 Å². The summed E-state index contributed by atoms with van der Waals surface area (Å²) in [5.74, 6) is 1.82. The Balaban J connectivity index is 1.10. The number of hydrogen-bond donors (Lipinski definition) is 2. The largest absolute Gasteiger partial charge is 0.490 e. The fourth-order valence-corrected chi connectivity index (χ4v) is 8.58. The van der Waals surface area contributed by atoms with Crippen molar-refractivity contribution in [2.45, 2.75) is 162 Å². The Morgan fingerprint density at radius 1 is 0.515 bits per heavy atom. The number of carbonyl (C=O) groups is 4. The summed E-state index contributed by atoms with van der Waals surface area (Å²) in [7, 11) is 0. The van der Waals surface area contributed by atoms with Gasteiger partial charge >= 0.3 is 0 Å². The fraction of sp³-hybridized carbons (Fsp3) is 0.544. The highest BCUT2D eigenvalue weighted by molar-refractivity contribution is 6.26. The van der Waals surface area contributed by atoms with E-state index in [1.54, 1.807) is 30.3 Å². The van der Waals surface area contributed by atoms with Crippen molar-refractivity contribution < 1.29 is 38.1 Å². The molecule has 0 saturated carbocycles. The third-order valence-electron chi connectivity index (χ3n) is 12.5. The third-order valence-corrected chi connectivity index (χ3v) is 12.5. The highest BCUT2D eigenvalue weighted by Gasteiger charge is 2.33. The first kappa shape index (κ1) is 53.4. The van der Waals surface area contributed by atoms with Crippen LogP contribution in [-0.2, 0) is 4.79 Å². The first-order valence-corrected chi connectivity index (χ1v) is 26.1. The van der Waals surface area contributed by atoms with Crippen molar-refractivity contribution >= 4 is 34.4 Å². The van der Waals surface area contributed by atoms with Gasteiger partial charge in [0.15, 0.2) is 11.5 Å². The van der Waals surface area contributed by atoms with Crippen molar-refractivity contribution in [3.05, 3.63) is 89.5 Å². The number of nitrogens with one attached hydrogen (secondary N) is 2. The summed E-state index contributed by atoms with van der Waals surface area (Å²) in [6.45, 7) is 9.05. The predicted octanol–water partition coefficient (Wildman–Crippen LogP) is 13.6. The molecule has 5 rings (SSSR count). The Morgan fingerprint density at radius 2 is 1.04 bits per heavy atom. The molecule has 1 aliphatic rings. The molecule has 0 radical (unpaired) electrons. The van der Waals surface area contributed by atoms with E-state index in [4.69, 9.17) is 18.9 Å². The maximum Gasteiger partial charge on any atom is 0.261 e. The summed E-state index contributed by atoms with van der Waals surface area (Å²) in [6.07, 6.45) is 22.8. The van der Waals surface area contributed by atoms with Crippen LogP contribution in [0.3, 0.4) is 0 Å². The Morgan fingerprint density at radius 3 is 1.65 bits per heavy atom. The molecule has 0 unspecified atom stereocenters. The molecule has 4 aromatic rings. The Kier molecular flexibility index (Phi) is 24.1. The minimum Gasteiger partial charge on any atom is -0.490 e. The Hall–Kier alpha value is -5.58. The zero-order valence-corrected chi connectivity index (χ0v) is 41.4. The van der Waals surface area contributed by atoms with Gasteiger partial charge in [0.2, 0.25) is 11.7 Å². The molecule has 0 fully saturated rings. The molecule has 370 valence electrons. The molecule has 68 heavy (non-hydrogen) atoms. The molecule has 0 saturated heterocycles. The van der Waals surface area contributed by atoms with Crippen LogP contribution in [0.2, 0.25) is 0 Å². The van der Waals surface area contributed by atoms with Gasteiger partial charge in [0, 0.05) is 53.5 Å². The zero-order chi connectivity index (χ0) is 48.2. The lowest BCUT2D eigenvalue weighted by Gasteiger charge is -2.27. The second-order valence-corrected chi connectivity index (χ2v) is 18.1. The van der Waals surface area contributed by atoms with Gasteiger partial charge in [-0.15, -0.1) is 0 Å². The maximum atomic E-state index is 13.6. The summed E-state index contributed by atoms with van der Waals surface area (Å²) in [4.78, 5) is 55.0. The lowest BCUT2D eigenvalue weighted by molar-refractivity contribution is -0.121. The highest BCUT2D eigenvalue weighted by Crippen LogP contribution is 2.40. The molecule has 1 aliphatic heterocycles. The molecule has 11 nitrogen and oxygen atoms in total. The molecular weight excluding hydrogens is 855 g/mol. The lowest BCUT2D eigenvalue weighted by Crippen LogP contribution is -2.40. The van der Waals surface area contributed by atoms with E-state index in [2.05, 4.69) is 31.4 Å². The van der Waals surface area contributed by atoms with Crippen LogP contribution in [0.15, 0.2) is 72.8 Å². The quantitative estimate of drug-likeness (QED) is 0.0340. The highest BCUT2D eigenvalue weighted by atomic mass is 16.5. The van der Waals surface area contributed by atoms with Crippen LogP contribution in [0.1, 0.15) is 193 Å². The summed E-state index contributed by atoms with van der Waals surface area (Å²) < 4.78 is 25.3. The molecule has 0 aromatic heterocycles. The van der Waals surface area contributed by atoms with Crippen molar-refractivity contribution in [3.8, 4) is 28.7 Å². The van der Waals surface area contributed by atoms with Crippen molar-refractivity contribution in [1.82, 2.24) is 15.5 Å². The molecule has 0 spiro atoms. The summed E-state index contributed by atoms with van der Waals surface area (Å²) in [5, 5.41) is 7.20. The number of imide groups is 1. The summed E-state index contributed by atoms with van der Waals surface area (Å²) in [6, 6.07) is 21.9. The van der Waals surface area contributed by atoms with Crippen LogP contribution in [0, 0.1) is 0 Å². The van der Waals surface area contributed by atoms with Gasteiger partial charge in [-0.25, -0.2) is 0 Å². The van der Waals surface area contributed by atoms with Gasteiger partial charge in [0.25, 0.3) is 17.7 Å². The van der Waals surface area contributed by atoms with E-state index in [1.165, 1.54) is 81.9 Å². The molecule has 0 atom stereocenters. The molecule has 4 aromatic carbocycles. The number of ether oxygens (including phenoxy) is 4.